The van der Waals surface area contributed by atoms with Crippen LogP contribution in [0.1, 0.15) is 10.4 Å². The summed E-state index contributed by atoms with van der Waals surface area (Å²) < 4.78 is 0. The molecule has 0 saturated heterocycles. The number of nitrogens with zero attached hydrogens (tertiary/aromatic N) is 2. The average Bonchev–Trinajstić information content (AvgIpc) is 2.36. The zero-order valence-corrected chi connectivity index (χ0v) is 9.83. The summed E-state index contributed by atoms with van der Waals surface area (Å²) in [5, 5.41) is 10.5. The van der Waals surface area contributed by atoms with E-state index in [0.717, 1.165) is 10.8 Å². The normalized spacial score (nSPS) is 10.3. The van der Waals surface area contributed by atoms with E-state index in [1.807, 2.05) is 6.07 Å². The van der Waals surface area contributed by atoms with Crippen molar-refractivity contribution in [1.29, 1.82) is 0 Å². The van der Waals surface area contributed by atoms with Gasteiger partial charge in [-0.25, -0.2) is 0 Å². The van der Waals surface area contributed by atoms with Crippen molar-refractivity contribution in [3.63, 3.8) is 0 Å². The van der Waals surface area contributed by atoms with E-state index in [2.05, 4.69) is 4.98 Å². The van der Waals surface area contributed by atoms with Crippen LogP contribution in [0.4, 0.5) is 0 Å². The van der Waals surface area contributed by atoms with Crippen molar-refractivity contribution in [2.75, 3.05) is 13.6 Å². The van der Waals surface area contributed by atoms with E-state index >= 15 is 0 Å². The zero-order chi connectivity index (χ0) is 13.1. The molecular formula is C13H12N2O3. The molecule has 1 amide bonds. The summed E-state index contributed by atoms with van der Waals surface area (Å²) in [7, 11) is 1.47. The first-order valence-electron chi connectivity index (χ1n) is 5.39. The Morgan fingerprint density at radius 1 is 1.28 bits per heavy atom. The van der Waals surface area contributed by atoms with E-state index in [4.69, 9.17) is 5.11 Å². The van der Waals surface area contributed by atoms with Crippen molar-refractivity contribution in [3.05, 3.63) is 42.2 Å². The molecule has 0 saturated carbocycles. The number of hydrogen-bond acceptors (Lipinski definition) is 3. The van der Waals surface area contributed by atoms with E-state index in [9.17, 15) is 9.59 Å². The highest BCUT2D eigenvalue weighted by Crippen LogP contribution is 2.15. The van der Waals surface area contributed by atoms with E-state index in [-0.39, 0.29) is 12.5 Å². The molecule has 2 aromatic rings. The third-order valence-electron chi connectivity index (χ3n) is 2.61. The van der Waals surface area contributed by atoms with Gasteiger partial charge in [0.2, 0.25) is 0 Å². The van der Waals surface area contributed by atoms with Crippen molar-refractivity contribution in [2.45, 2.75) is 0 Å². The van der Waals surface area contributed by atoms with E-state index in [1.165, 1.54) is 11.9 Å². The molecule has 0 spiro atoms. The Labute approximate surface area is 104 Å². The lowest BCUT2D eigenvalue weighted by Gasteiger charge is -2.14. The lowest BCUT2D eigenvalue weighted by atomic mass is 10.1. The maximum Gasteiger partial charge on any atom is 0.323 e. The maximum absolute atomic E-state index is 12.0. The van der Waals surface area contributed by atoms with E-state index < -0.39 is 5.97 Å². The number of carboxylic acids is 1. The number of amides is 1. The van der Waals surface area contributed by atoms with Crippen LogP contribution in [0.5, 0.6) is 0 Å². The van der Waals surface area contributed by atoms with Crippen molar-refractivity contribution in [2.24, 2.45) is 0 Å². The highest BCUT2D eigenvalue weighted by atomic mass is 16.4. The second-order valence-corrected chi connectivity index (χ2v) is 3.99. The number of aromatic nitrogens is 1. The fourth-order valence-electron chi connectivity index (χ4n) is 1.71. The van der Waals surface area contributed by atoms with Crippen LogP contribution < -0.4 is 0 Å². The van der Waals surface area contributed by atoms with Crippen molar-refractivity contribution in [3.8, 4) is 0 Å². The predicted molar refractivity (Wildman–Crippen MR) is 66.3 cm³/mol. The summed E-state index contributed by atoms with van der Waals surface area (Å²) in [5.41, 5.74) is 0.470. The first-order chi connectivity index (χ1) is 8.58. The molecule has 0 radical (unpaired) electrons. The predicted octanol–water partition coefficient (Wildman–Crippen LogP) is 1.39. The van der Waals surface area contributed by atoms with Crippen molar-refractivity contribution in [1.82, 2.24) is 9.88 Å². The molecule has 1 aromatic heterocycles. The number of carboxylic acid groups (broad SMARTS) is 1. The van der Waals surface area contributed by atoms with Crippen LogP contribution in [0.2, 0.25) is 0 Å². The lowest BCUT2D eigenvalue weighted by Crippen LogP contribution is -2.31. The van der Waals surface area contributed by atoms with Gasteiger partial charge in [-0.3, -0.25) is 14.6 Å². The fraction of sp³-hybridized carbons (Fsp3) is 0.154. The van der Waals surface area contributed by atoms with Crippen molar-refractivity contribution < 1.29 is 14.7 Å². The first kappa shape index (κ1) is 12.0. The molecule has 0 unspecified atom stereocenters. The summed E-state index contributed by atoms with van der Waals surface area (Å²) in [6, 6.07) is 7.01. The van der Waals surface area contributed by atoms with Gasteiger partial charge in [0.15, 0.2) is 0 Å². The molecule has 0 atom stereocenters. The fourth-order valence-corrected chi connectivity index (χ4v) is 1.71. The number of fused-ring (bicyclic) bond motifs is 1. The third-order valence-corrected chi connectivity index (χ3v) is 2.61. The number of carbonyl (C=O) groups is 2. The van der Waals surface area contributed by atoms with Gasteiger partial charge in [0.1, 0.15) is 6.54 Å². The average molecular weight is 244 g/mol. The molecule has 92 valence electrons. The summed E-state index contributed by atoms with van der Waals surface area (Å²) in [5.74, 6) is -1.34. The van der Waals surface area contributed by atoms with Gasteiger partial charge in [-0.05, 0) is 23.6 Å². The van der Waals surface area contributed by atoms with Gasteiger partial charge < -0.3 is 10.0 Å². The summed E-state index contributed by atoms with van der Waals surface area (Å²) in [6.07, 6.45) is 3.36. The maximum atomic E-state index is 12.0. The minimum absolute atomic E-state index is 0.309. The molecule has 5 heteroatoms. The second kappa shape index (κ2) is 4.83. The highest BCUT2D eigenvalue weighted by molar-refractivity contribution is 5.99. The molecule has 1 N–H and O–H groups in total. The Kier molecular flexibility index (Phi) is 3.23. The van der Waals surface area contributed by atoms with E-state index in [1.54, 1.807) is 30.6 Å². The van der Waals surface area contributed by atoms with Gasteiger partial charge in [-0.1, -0.05) is 6.07 Å². The second-order valence-electron chi connectivity index (χ2n) is 3.99. The van der Waals surface area contributed by atoms with Gasteiger partial charge >= 0.3 is 5.97 Å². The van der Waals surface area contributed by atoms with Crippen LogP contribution >= 0.6 is 0 Å². The minimum Gasteiger partial charge on any atom is -0.480 e. The Balaban J connectivity index is 2.30. The molecule has 2 rings (SSSR count). The number of aliphatic carboxylic acids is 1. The van der Waals surface area contributed by atoms with Gasteiger partial charge in [-0.2, -0.15) is 0 Å². The molecule has 0 aliphatic rings. The number of hydrogen-bond donors (Lipinski definition) is 1. The van der Waals surface area contributed by atoms with Gasteiger partial charge in [0.25, 0.3) is 5.91 Å². The monoisotopic (exact) mass is 244 g/mol. The zero-order valence-electron chi connectivity index (χ0n) is 9.83. The Morgan fingerprint density at radius 3 is 2.78 bits per heavy atom. The number of benzene rings is 1. The van der Waals surface area contributed by atoms with Gasteiger partial charge in [0.05, 0.1) is 0 Å². The molecule has 18 heavy (non-hydrogen) atoms. The molecule has 0 fully saturated rings. The lowest BCUT2D eigenvalue weighted by molar-refractivity contribution is -0.137. The minimum atomic E-state index is -1.03. The standard InChI is InChI=1S/C13H12N2O3/c1-15(8-12(16)17)13(18)10-2-3-11-7-14-5-4-9(11)6-10/h2-7H,8H2,1H3,(H,16,17). The number of likely N-dealkylation sites (N-methyl/N-ethyl adjacent to an activating group) is 1. The van der Waals surface area contributed by atoms with Crippen LogP contribution in [-0.4, -0.2) is 40.5 Å². The molecule has 0 bridgehead atoms. The quantitative estimate of drug-likeness (QED) is 0.885. The third kappa shape index (κ3) is 2.45. The highest BCUT2D eigenvalue weighted by Gasteiger charge is 2.14. The van der Waals surface area contributed by atoms with E-state index in [0.29, 0.717) is 5.56 Å². The summed E-state index contributed by atoms with van der Waals surface area (Å²) in [6.45, 7) is -0.312. The van der Waals surface area contributed by atoms with Gasteiger partial charge in [-0.15, -0.1) is 0 Å². The summed E-state index contributed by atoms with van der Waals surface area (Å²) >= 11 is 0. The van der Waals surface area contributed by atoms with Gasteiger partial charge in [0, 0.05) is 30.4 Å². The Hall–Kier alpha value is -2.43. The number of pyridine rings is 1. The number of rotatable bonds is 3. The van der Waals surface area contributed by atoms with Crippen LogP contribution in [0, 0.1) is 0 Å². The smallest absolute Gasteiger partial charge is 0.323 e. The SMILES string of the molecule is CN(CC(=O)O)C(=O)c1ccc2cnccc2c1. The molecule has 1 heterocycles. The van der Waals surface area contributed by atoms with Crippen LogP contribution in [-0.2, 0) is 4.79 Å². The topological polar surface area (TPSA) is 70.5 Å². The van der Waals surface area contributed by atoms with Crippen LogP contribution in [0.15, 0.2) is 36.7 Å². The van der Waals surface area contributed by atoms with Crippen LogP contribution in [0.3, 0.4) is 0 Å². The number of carbonyl (C=O) groups excluding carboxylic acids is 1. The summed E-state index contributed by atoms with van der Waals surface area (Å²) in [4.78, 5) is 27.7. The van der Waals surface area contributed by atoms with Crippen molar-refractivity contribution >= 4 is 22.6 Å². The molecule has 5 nitrogen and oxygen atoms in total. The first-order valence-corrected chi connectivity index (χ1v) is 5.39. The molecule has 0 aliphatic carbocycles. The largest absolute Gasteiger partial charge is 0.480 e. The molecule has 1 aromatic carbocycles. The Morgan fingerprint density at radius 2 is 2.06 bits per heavy atom. The van der Waals surface area contributed by atoms with Crippen LogP contribution in [0.25, 0.3) is 10.8 Å². The Bertz CT molecular complexity index is 610. The molecular weight excluding hydrogens is 232 g/mol. The molecule has 0 aliphatic heterocycles.